The Labute approximate surface area is 203 Å². The van der Waals surface area contributed by atoms with Gasteiger partial charge in [0, 0.05) is 27.7 Å². The number of nitrogens with zero attached hydrogens (tertiary/aromatic N) is 2. The molecule has 5 aliphatic rings. The fourth-order valence-corrected chi connectivity index (χ4v) is 7.36. The van der Waals surface area contributed by atoms with Gasteiger partial charge in [-0.1, -0.05) is 85.5 Å². The number of aryl methyl sites for hydroxylation is 1. The van der Waals surface area contributed by atoms with E-state index >= 15 is 0 Å². The van der Waals surface area contributed by atoms with Gasteiger partial charge in [-0.05, 0) is 58.1 Å². The maximum Gasteiger partial charge on any atom is 0.114 e. The van der Waals surface area contributed by atoms with E-state index < -0.39 is 0 Å². The summed E-state index contributed by atoms with van der Waals surface area (Å²) in [5, 5.41) is 0. The molecule has 2 nitrogen and oxygen atoms in total. The van der Waals surface area contributed by atoms with Crippen LogP contribution in [-0.2, 0) is 6.42 Å². The van der Waals surface area contributed by atoms with Gasteiger partial charge in [-0.2, -0.15) is 0 Å². The second kappa shape index (κ2) is 6.74. The van der Waals surface area contributed by atoms with Crippen LogP contribution in [0.2, 0.25) is 0 Å². The van der Waals surface area contributed by atoms with Crippen LogP contribution in [0.4, 0.5) is 0 Å². The highest BCUT2D eigenvalue weighted by Gasteiger charge is 2.37. The average Bonchev–Trinajstić information content (AvgIpc) is 3.27. The molecule has 0 amide bonds. The Morgan fingerprint density at radius 3 is 2.88 bits per heavy atom. The van der Waals surface area contributed by atoms with Crippen LogP contribution in [0.1, 0.15) is 24.7 Å². The summed E-state index contributed by atoms with van der Waals surface area (Å²) in [5.74, 6) is 1.46. The number of hydrogen-bond acceptors (Lipinski definition) is 2. The Hall–Kier alpha value is -3.56. The second-order valence-corrected chi connectivity index (χ2v) is 10.5. The van der Waals surface area contributed by atoms with Gasteiger partial charge in [0.2, 0.25) is 0 Å². The highest BCUT2D eigenvalue weighted by molar-refractivity contribution is 7.99. The second-order valence-electron chi connectivity index (χ2n) is 9.40. The first-order valence-corrected chi connectivity index (χ1v) is 12.9. The molecule has 3 aromatic rings. The van der Waals surface area contributed by atoms with Crippen molar-refractivity contribution in [3.8, 4) is 5.69 Å². The van der Waals surface area contributed by atoms with Crippen molar-refractivity contribution in [1.82, 2.24) is 9.55 Å². The van der Waals surface area contributed by atoms with Crippen molar-refractivity contribution in [3.05, 3.63) is 124 Å². The van der Waals surface area contributed by atoms with Crippen molar-refractivity contribution >= 4 is 28.4 Å². The fraction of sp³-hybridized carbons (Fsp3) is 0.129. The molecule has 34 heavy (non-hydrogen) atoms. The molecule has 0 saturated heterocycles. The maximum absolute atomic E-state index is 5.04. The van der Waals surface area contributed by atoms with Crippen LogP contribution in [0.5, 0.6) is 0 Å². The molecule has 0 spiro atoms. The van der Waals surface area contributed by atoms with Crippen molar-refractivity contribution < 1.29 is 0 Å². The van der Waals surface area contributed by atoms with Crippen molar-refractivity contribution in [2.45, 2.75) is 29.6 Å². The lowest BCUT2D eigenvalue weighted by Crippen LogP contribution is -2.23. The molecule has 2 aromatic carbocycles. The summed E-state index contributed by atoms with van der Waals surface area (Å²) < 4.78 is 2.44. The predicted octanol–water partition coefficient (Wildman–Crippen LogP) is 7.68. The molecule has 162 valence electrons. The molecule has 1 atom stereocenters. The summed E-state index contributed by atoms with van der Waals surface area (Å²) in [5.41, 5.74) is 13.5. The number of benzene rings is 2. The van der Waals surface area contributed by atoms with E-state index in [-0.39, 0.29) is 0 Å². The minimum Gasteiger partial charge on any atom is -0.293 e. The van der Waals surface area contributed by atoms with Crippen LogP contribution in [0.25, 0.3) is 22.3 Å². The van der Waals surface area contributed by atoms with E-state index in [2.05, 4.69) is 96.5 Å². The van der Waals surface area contributed by atoms with Crippen molar-refractivity contribution in [2.75, 3.05) is 0 Å². The third kappa shape index (κ3) is 2.35. The summed E-state index contributed by atoms with van der Waals surface area (Å²) in [6, 6.07) is 13.3. The van der Waals surface area contributed by atoms with E-state index in [1.165, 1.54) is 60.0 Å². The van der Waals surface area contributed by atoms with E-state index in [0.717, 1.165) is 24.2 Å². The van der Waals surface area contributed by atoms with Crippen LogP contribution in [0.3, 0.4) is 0 Å². The molecule has 4 aliphatic carbocycles. The highest BCUT2D eigenvalue weighted by atomic mass is 32.2. The van der Waals surface area contributed by atoms with Gasteiger partial charge in [-0.25, -0.2) is 4.98 Å². The number of aromatic nitrogens is 2. The molecule has 0 saturated carbocycles. The van der Waals surface area contributed by atoms with Gasteiger partial charge in [0.15, 0.2) is 0 Å². The first-order chi connectivity index (χ1) is 16.8. The first kappa shape index (κ1) is 18.8. The highest BCUT2D eigenvalue weighted by Crippen LogP contribution is 2.53. The van der Waals surface area contributed by atoms with Crippen molar-refractivity contribution in [2.24, 2.45) is 5.92 Å². The average molecular weight is 455 g/mol. The summed E-state index contributed by atoms with van der Waals surface area (Å²) >= 11 is 1.88. The first-order valence-electron chi connectivity index (χ1n) is 12.1. The topological polar surface area (TPSA) is 17.8 Å². The van der Waals surface area contributed by atoms with Crippen LogP contribution in [0, 0.1) is 5.92 Å². The lowest BCUT2D eigenvalue weighted by Gasteiger charge is -2.38. The predicted molar refractivity (Wildman–Crippen MR) is 140 cm³/mol. The van der Waals surface area contributed by atoms with Gasteiger partial charge in [-0.3, -0.25) is 4.57 Å². The van der Waals surface area contributed by atoms with Crippen molar-refractivity contribution in [1.29, 1.82) is 0 Å². The zero-order valence-corrected chi connectivity index (χ0v) is 19.7. The molecular weight excluding hydrogens is 432 g/mol. The van der Waals surface area contributed by atoms with Gasteiger partial charge in [0.05, 0.1) is 16.7 Å². The Morgan fingerprint density at radius 2 is 1.94 bits per heavy atom. The smallest absolute Gasteiger partial charge is 0.114 e. The van der Waals surface area contributed by atoms with Gasteiger partial charge >= 0.3 is 0 Å². The lowest BCUT2D eigenvalue weighted by atomic mass is 9.66. The molecule has 1 unspecified atom stereocenters. The quantitative estimate of drug-likeness (QED) is 0.309. The number of rotatable bonds is 2. The molecule has 0 radical (unpaired) electrons. The summed E-state index contributed by atoms with van der Waals surface area (Å²) in [6.07, 6.45) is 20.4. The number of allylic oxidation sites excluding steroid dienone is 14. The molecular formula is C31H22N2S. The van der Waals surface area contributed by atoms with Gasteiger partial charge < -0.3 is 0 Å². The molecule has 0 N–H and O–H groups in total. The Bertz CT molecular complexity index is 1680. The van der Waals surface area contributed by atoms with Crippen LogP contribution >= 0.6 is 11.8 Å². The summed E-state index contributed by atoms with van der Waals surface area (Å²) in [6.45, 7) is 2.21. The van der Waals surface area contributed by atoms with Gasteiger partial charge in [0.1, 0.15) is 5.82 Å². The molecule has 2 heterocycles. The van der Waals surface area contributed by atoms with Crippen LogP contribution < -0.4 is 0 Å². The summed E-state index contributed by atoms with van der Waals surface area (Å²) in [7, 11) is 0. The van der Waals surface area contributed by atoms with E-state index in [9.17, 15) is 0 Å². The zero-order chi connectivity index (χ0) is 22.4. The summed E-state index contributed by atoms with van der Waals surface area (Å²) in [4.78, 5) is 7.64. The van der Waals surface area contributed by atoms with E-state index in [1.807, 2.05) is 11.8 Å². The third-order valence-electron chi connectivity index (χ3n) is 7.63. The van der Waals surface area contributed by atoms with Crippen molar-refractivity contribution in [3.63, 3.8) is 0 Å². The molecule has 3 heteroatoms. The van der Waals surface area contributed by atoms with E-state index in [1.54, 1.807) is 0 Å². The van der Waals surface area contributed by atoms with Crippen LogP contribution in [0.15, 0.2) is 123 Å². The fourth-order valence-electron chi connectivity index (χ4n) is 6.24. The zero-order valence-electron chi connectivity index (χ0n) is 18.9. The number of para-hydroxylation sites is 2. The molecule has 1 aromatic heterocycles. The molecule has 0 bridgehead atoms. The third-order valence-corrected chi connectivity index (χ3v) is 8.73. The van der Waals surface area contributed by atoms with Gasteiger partial charge in [0.25, 0.3) is 0 Å². The lowest BCUT2D eigenvalue weighted by molar-refractivity contribution is 0.840. The standard InChI is InChI=1S/C31H22N2S/c1-2-27-32-24-12-6-14-26-31(24)33(27)30-22(11-5-13-25(30)34-26)23-17-20-9-3-7-18-15-16-19-8-4-10-21(23)29(19)28(18)20/h3-8,10-17,29H,2,9H2,1H3. The number of imidazole rings is 1. The molecule has 1 aliphatic heterocycles. The molecule has 8 rings (SSSR count). The maximum atomic E-state index is 5.04. The Kier molecular flexibility index (Phi) is 3.73. The van der Waals surface area contributed by atoms with Crippen LogP contribution in [-0.4, -0.2) is 9.55 Å². The van der Waals surface area contributed by atoms with E-state index in [4.69, 9.17) is 4.98 Å². The Balaban J connectivity index is 1.44. The molecule has 0 fully saturated rings. The monoisotopic (exact) mass is 454 g/mol. The SMILES string of the molecule is CCc1nc2cccc3c2n1-c1c(cccc1C1=CC2=C4C(=CC=C5C=CC=C1C54)C=CC2)S3. The minimum absolute atomic E-state index is 0.331. The van der Waals surface area contributed by atoms with E-state index in [0.29, 0.717) is 5.92 Å². The van der Waals surface area contributed by atoms with Gasteiger partial charge in [-0.15, -0.1) is 0 Å². The normalized spacial score (nSPS) is 21.0. The number of fused-ring (bicyclic) bond motifs is 2. The minimum atomic E-state index is 0.331. The Morgan fingerprint density at radius 1 is 1.03 bits per heavy atom. The largest absolute Gasteiger partial charge is 0.293 e. The number of hydrogen-bond donors (Lipinski definition) is 0.